The van der Waals surface area contributed by atoms with Crippen LogP contribution in [0.4, 0.5) is 4.39 Å². The fourth-order valence-electron chi connectivity index (χ4n) is 1.25. The lowest BCUT2D eigenvalue weighted by atomic mass is 10.2. The largest absolute Gasteiger partial charge is 0.241 e. The lowest BCUT2D eigenvalue weighted by molar-refractivity contribution is 0.631. The van der Waals surface area contributed by atoms with Crippen LogP contribution in [-0.2, 0) is 6.42 Å². The van der Waals surface area contributed by atoms with Gasteiger partial charge in [0.2, 0.25) is 0 Å². The second-order valence-corrected chi connectivity index (χ2v) is 4.90. The first-order valence-corrected chi connectivity index (χ1v) is 6.28. The molecule has 0 N–H and O–H groups in total. The molecule has 78 valence electrons. The molecule has 0 fully saturated rings. The summed E-state index contributed by atoms with van der Waals surface area (Å²) in [5.74, 6) is -0.227. The van der Waals surface area contributed by atoms with Crippen LogP contribution in [0.3, 0.4) is 0 Å². The number of hydrogen-bond acceptors (Lipinski definition) is 2. The van der Waals surface area contributed by atoms with Gasteiger partial charge in [-0.15, -0.1) is 11.3 Å². The van der Waals surface area contributed by atoms with Crippen molar-refractivity contribution in [2.75, 3.05) is 0 Å². The average Bonchev–Trinajstić information content (AvgIpc) is 2.70. The first kappa shape index (κ1) is 10.8. The molecule has 0 radical (unpaired) electrons. The first-order chi connectivity index (χ1) is 7.20. The predicted octanol–water partition coefficient (Wildman–Crippen LogP) is 4.27. The van der Waals surface area contributed by atoms with Crippen molar-refractivity contribution in [3.63, 3.8) is 0 Å². The van der Waals surface area contributed by atoms with Gasteiger partial charge in [-0.25, -0.2) is 9.37 Å². The summed E-state index contributed by atoms with van der Waals surface area (Å²) in [6, 6.07) is 4.90. The van der Waals surface area contributed by atoms with Gasteiger partial charge in [0.05, 0.1) is 5.69 Å². The summed E-state index contributed by atoms with van der Waals surface area (Å²) in [7, 11) is 0. The second-order valence-electron chi connectivity index (χ2n) is 3.12. The Bertz CT molecular complexity index is 481. The predicted molar refractivity (Wildman–Crippen MR) is 64.6 cm³/mol. The molecule has 0 saturated carbocycles. The fraction of sp³-hybridized carbons (Fsp3) is 0.182. The zero-order chi connectivity index (χ0) is 10.8. The molecule has 0 unspecified atom stereocenters. The molecule has 0 amide bonds. The van der Waals surface area contributed by atoms with Gasteiger partial charge in [-0.2, -0.15) is 0 Å². The third-order valence-corrected chi connectivity index (χ3v) is 3.49. The molecule has 4 heteroatoms. The highest BCUT2D eigenvalue weighted by Gasteiger charge is 2.09. The van der Waals surface area contributed by atoms with Crippen molar-refractivity contribution in [1.82, 2.24) is 4.98 Å². The third-order valence-electron chi connectivity index (χ3n) is 2.07. The summed E-state index contributed by atoms with van der Waals surface area (Å²) >= 11 is 4.81. The maximum atomic E-state index is 13.5. The maximum Gasteiger partial charge on any atom is 0.133 e. The second kappa shape index (κ2) is 4.41. The summed E-state index contributed by atoms with van der Waals surface area (Å²) < 4.78 is 14.4. The molecule has 1 nitrogen and oxygen atoms in total. The van der Waals surface area contributed by atoms with Gasteiger partial charge in [0.1, 0.15) is 10.8 Å². The van der Waals surface area contributed by atoms with Crippen molar-refractivity contribution < 1.29 is 4.39 Å². The molecule has 0 saturated heterocycles. The van der Waals surface area contributed by atoms with Crippen molar-refractivity contribution >= 4 is 27.3 Å². The zero-order valence-corrected chi connectivity index (χ0v) is 10.5. The van der Waals surface area contributed by atoms with Gasteiger partial charge >= 0.3 is 0 Å². The summed E-state index contributed by atoms with van der Waals surface area (Å²) in [4.78, 5) is 4.36. The molecule has 15 heavy (non-hydrogen) atoms. The molecule has 0 aliphatic rings. The van der Waals surface area contributed by atoms with E-state index < -0.39 is 0 Å². The standard InChI is InChI=1S/C11H9BrFNS/c1-2-8-6-15-11(14-8)9-5-7(12)3-4-10(9)13/h3-6H,2H2,1H3. The Morgan fingerprint density at radius 3 is 2.93 bits per heavy atom. The summed E-state index contributed by atoms with van der Waals surface area (Å²) in [6.45, 7) is 2.04. The average molecular weight is 286 g/mol. The van der Waals surface area contributed by atoms with Crippen molar-refractivity contribution in [2.24, 2.45) is 0 Å². The minimum Gasteiger partial charge on any atom is -0.241 e. The highest BCUT2D eigenvalue weighted by atomic mass is 79.9. The third kappa shape index (κ3) is 2.26. The quantitative estimate of drug-likeness (QED) is 0.803. The van der Waals surface area contributed by atoms with E-state index in [1.807, 2.05) is 12.3 Å². The van der Waals surface area contributed by atoms with Crippen molar-refractivity contribution in [1.29, 1.82) is 0 Å². The van der Waals surface area contributed by atoms with E-state index in [0.717, 1.165) is 21.6 Å². The van der Waals surface area contributed by atoms with E-state index in [1.54, 1.807) is 12.1 Å². The lowest BCUT2D eigenvalue weighted by Gasteiger charge is -1.99. The van der Waals surface area contributed by atoms with Crippen LogP contribution in [0.2, 0.25) is 0 Å². The van der Waals surface area contributed by atoms with Gasteiger partial charge in [-0.1, -0.05) is 22.9 Å². The monoisotopic (exact) mass is 285 g/mol. The van der Waals surface area contributed by atoms with Gasteiger partial charge in [0.25, 0.3) is 0 Å². The molecule has 1 aromatic carbocycles. The van der Waals surface area contributed by atoms with E-state index in [0.29, 0.717) is 5.56 Å². The number of nitrogens with zero attached hydrogens (tertiary/aromatic N) is 1. The Hall–Kier alpha value is -0.740. The minimum atomic E-state index is -0.227. The summed E-state index contributed by atoms with van der Waals surface area (Å²) in [6.07, 6.45) is 0.881. The summed E-state index contributed by atoms with van der Waals surface area (Å²) in [5.41, 5.74) is 1.57. The fourth-order valence-corrected chi connectivity index (χ4v) is 2.54. The maximum absolute atomic E-state index is 13.5. The summed E-state index contributed by atoms with van der Waals surface area (Å²) in [5, 5.41) is 2.71. The van der Waals surface area contributed by atoms with Crippen molar-refractivity contribution in [3.05, 3.63) is 39.6 Å². The van der Waals surface area contributed by atoms with Crippen LogP contribution in [0.1, 0.15) is 12.6 Å². The van der Waals surface area contributed by atoms with E-state index in [-0.39, 0.29) is 5.82 Å². The molecule has 0 aliphatic carbocycles. The smallest absolute Gasteiger partial charge is 0.133 e. The molecule has 1 heterocycles. The van der Waals surface area contributed by atoms with Crippen LogP contribution in [0.5, 0.6) is 0 Å². The van der Waals surface area contributed by atoms with Crippen molar-refractivity contribution in [3.8, 4) is 10.6 Å². The van der Waals surface area contributed by atoms with E-state index in [4.69, 9.17) is 0 Å². The molecule has 0 aliphatic heterocycles. The topological polar surface area (TPSA) is 12.9 Å². The number of halogens is 2. The Kier molecular flexibility index (Phi) is 3.17. The number of aromatic nitrogens is 1. The molecule has 0 atom stereocenters. The normalized spacial score (nSPS) is 10.6. The van der Waals surface area contributed by atoms with Crippen LogP contribution in [-0.4, -0.2) is 4.98 Å². The first-order valence-electron chi connectivity index (χ1n) is 4.60. The van der Waals surface area contributed by atoms with E-state index in [1.165, 1.54) is 17.4 Å². The van der Waals surface area contributed by atoms with Gasteiger partial charge in [0.15, 0.2) is 0 Å². The van der Waals surface area contributed by atoms with E-state index >= 15 is 0 Å². The molecule has 2 rings (SSSR count). The van der Waals surface area contributed by atoms with Crippen LogP contribution < -0.4 is 0 Å². The van der Waals surface area contributed by atoms with Gasteiger partial charge in [-0.05, 0) is 24.6 Å². The highest BCUT2D eigenvalue weighted by molar-refractivity contribution is 9.10. The van der Waals surface area contributed by atoms with Gasteiger partial charge in [0, 0.05) is 15.4 Å². The van der Waals surface area contributed by atoms with Gasteiger partial charge < -0.3 is 0 Å². The number of thiazole rings is 1. The molecular weight excluding hydrogens is 277 g/mol. The Morgan fingerprint density at radius 1 is 1.47 bits per heavy atom. The minimum absolute atomic E-state index is 0.227. The van der Waals surface area contributed by atoms with Crippen LogP contribution in [0, 0.1) is 5.82 Å². The SMILES string of the molecule is CCc1csc(-c2cc(Br)ccc2F)n1. The molecule has 1 aromatic heterocycles. The lowest BCUT2D eigenvalue weighted by Crippen LogP contribution is -1.85. The number of aryl methyl sites for hydroxylation is 1. The number of rotatable bonds is 2. The number of hydrogen-bond donors (Lipinski definition) is 0. The Morgan fingerprint density at radius 2 is 2.27 bits per heavy atom. The molecule has 0 bridgehead atoms. The van der Waals surface area contributed by atoms with Gasteiger partial charge in [-0.3, -0.25) is 0 Å². The van der Waals surface area contributed by atoms with Crippen LogP contribution in [0.15, 0.2) is 28.1 Å². The molecule has 0 spiro atoms. The Labute approximate surface area is 100 Å². The van der Waals surface area contributed by atoms with Crippen LogP contribution in [0.25, 0.3) is 10.6 Å². The van der Waals surface area contributed by atoms with E-state index in [2.05, 4.69) is 20.9 Å². The van der Waals surface area contributed by atoms with Crippen LogP contribution >= 0.6 is 27.3 Å². The highest BCUT2D eigenvalue weighted by Crippen LogP contribution is 2.28. The molecular formula is C11H9BrFNS. The Balaban J connectivity index is 2.48. The molecule has 2 aromatic rings. The zero-order valence-electron chi connectivity index (χ0n) is 8.13. The number of benzene rings is 1. The van der Waals surface area contributed by atoms with E-state index in [9.17, 15) is 4.39 Å². The van der Waals surface area contributed by atoms with Crippen molar-refractivity contribution in [2.45, 2.75) is 13.3 Å².